The van der Waals surface area contributed by atoms with Crippen LogP contribution in [-0.4, -0.2) is 10.9 Å². The highest BCUT2D eigenvalue weighted by molar-refractivity contribution is 6.35. The first kappa shape index (κ1) is 19.1. The lowest BCUT2D eigenvalue weighted by molar-refractivity contribution is -0.137. The normalized spacial score (nSPS) is 15.3. The Bertz CT molecular complexity index is 1110. The SMILES string of the molecule is Cc1cc(C)c(C=C2C(=O)N(Cc3ccc(C(F)(F)F)cc3)c3ccccc32)[nH]1. The molecule has 0 bridgehead atoms. The van der Waals surface area contributed by atoms with Crippen LogP contribution in [-0.2, 0) is 17.5 Å². The van der Waals surface area contributed by atoms with Gasteiger partial charge in [0.05, 0.1) is 23.4 Å². The van der Waals surface area contributed by atoms with Gasteiger partial charge in [0.2, 0.25) is 0 Å². The summed E-state index contributed by atoms with van der Waals surface area (Å²) >= 11 is 0. The number of para-hydroxylation sites is 1. The van der Waals surface area contributed by atoms with Gasteiger partial charge in [0, 0.05) is 17.0 Å². The van der Waals surface area contributed by atoms with Gasteiger partial charge in [-0.05, 0) is 55.3 Å². The first-order chi connectivity index (χ1) is 13.7. The van der Waals surface area contributed by atoms with Gasteiger partial charge in [-0.25, -0.2) is 0 Å². The number of carbonyl (C=O) groups excluding carboxylic acids is 1. The molecule has 0 unspecified atom stereocenters. The van der Waals surface area contributed by atoms with E-state index in [1.165, 1.54) is 12.1 Å². The highest BCUT2D eigenvalue weighted by Crippen LogP contribution is 2.39. The van der Waals surface area contributed by atoms with Crippen LogP contribution < -0.4 is 4.90 Å². The fourth-order valence-electron chi connectivity index (χ4n) is 3.63. The van der Waals surface area contributed by atoms with Gasteiger partial charge in [-0.1, -0.05) is 30.3 Å². The minimum absolute atomic E-state index is 0.169. The molecule has 0 atom stereocenters. The summed E-state index contributed by atoms with van der Waals surface area (Å²) < 4.78 is 38.4. The third kappa shape index (κ3) is 3.58. The number of anilines is 1. The topological polar surface area (TPSA) is 36.1 Å². The first-order valence-electron chi connectivity index (χ1n) is 9.19. The Morgan fingerprint density at radius 2 is 1.72 bits per heavy atom. The third-order valence-electron chi connectivity index (χ3n) is 5.06. The Morgan fingerprint density at radius 3 is 2.34 bits per heavy atom. The average Bonchev–Trinajstić information content (AvgIpc) is 3.12. The number of nitrogens with one attached hydrogen (secondary N) is 1. The molecule has 1 amide bonds. The van der Waals surface area contributed by atoms with E-state index in [1.807, 2.05) is 50.3 Å². The van der Waals surface area contributed by atoms with Crippen LogP contribution in [0.3, 0.4) is 0 Å². The summed E-state index contributed by atoms with van der Waals surface area (Å²) in [5, 5.41) is 0. The van der Waals surface area contributed by atoms with E-state index in [2.05, 4.69) is 4.98 Å². The number of benzene rings is 2. The van der Waals surface area contributed by atoms with Crippen LogP contribution in [0.1, 0.15) is 33.6 Å². The zero-order valence-electron chi connectivity index (χ0n) is 16.0. The lowest BCUT2D eigenvalue weighted by Crippen LogP contribution is -2.25. The number of nitrogens with zero attached hydrogens (tertiary/aromatic N) is 1. The lowest BCUT2D eigenvalue weighted by atomic mass is 10.1. The molecule has 29 heavy (non-hydrogen) atoms. The number of H-pyrrole nitrogens is 1. The van der Waals surface area contributed by atoms with E-state index in [0.29, 0.717) is 11.1 Å². The van der Waals surface area contributed by atoms with Crippen LogP contribution in [0.15, 0.2) is 54.6 Å². The maximum atomic E-state index is 13.2. The van der Waals surface area contributed by atoms with E-state index in [-0.39, 0.29) is 12.5 Å². The van der Waals surface area contributed by atoms with Crippen molar-refractivity contribution >= 4 is 23.2 Å². The number of carbonyl (C=O) groups is 1. The molecule has 0 radical (unpaired) electrons. The second-order valence-electron chi connectivity index (χ2n) is 7.21. The molecule has 0 fully saturated rings. The molecule has 2 heterocycles. The Labute approximate surface area is 166 Å². The van der Waals surface area contributed by atoms with Gasteiger partial charge in [-0.3, -0.25) is 4.79 Å². The van der Waals surface area contributed by atoms with Crippen molar-refractivity contribution in [2.75, 3.05) is 4.90 Å². The molecule has 1 aromatic heterocycles. The van der Waals surface area contributed by atoms with Crippen LogP contribution in [0.5, 0.6) is 0 Å². The summed E-state index contributed by atoms with van der Waals surface area (Å²) in [6.45, 7) is 4.13. The van der Waals surface area contributed by atoms with E-state index in [0.717, 1.165) is 40.3 Å². The predicted molar refractivity (Wildman–Crippen MR) is 107 cm³/mol. The minimum Gasteiger partial charge on any atom is -0.359 e. The van der Waals surface area contributed by atoms with E-state index < -0.39 is 11.7 Å². The second kappa shape index (κ2) is 6.95. The van der Waals surface area contributed by atoms with E-state index in [4.69, 9.17) is 0 Å². The zero-order valence-corrected chi connectivity index (χ0v) is 16.0. The van der Waals surface area contributed by atoms with Gasteiger partial charge in [-0.15, -0.1) is 0 Å². The van der Waals surface area contributed by atoms with Gasteiger partial charge in [0.25, 0.3) is 5.91 Å². The van der Waals surface area contributed by atoms with E-state index in [9.17, 15) is 18.0 Å². The summed E-state index contributed by atoms with van der Waals surface area (Å²) in [7, 11) is 0. The highest BCUT2D eigenvalue weighted by Gasteiger charge is 2.33. The number of aromatic nitrogens is 1. The summed E-state index contributed by atoms with van der Waals surface area (Å²) in [5.41, 5.74) is 4.99. The molecular formula is C23H19F3N2O. The maximum absolute atomic E-state index is 13.2. The average molecular weight is 396 g/mol. The number of hydrogen-bond acceptors (Lipinski definition) is 1. The monoisotopic (exact) mass is 396 g/mol. The quantitative estimate of drug-likeness (QED) is 0.563. The maximum Gasteiger partial charge on any atom is 0.416 e. The standard InChI is InChI=1S/C23H19F3N2O/c1-14-11-15(2)27-20(14)12-19-18-5-3-4-6-21(18)28(22(19)29)13-16-7-9-17(10-8-16)23(24,25)26/h3-12,27H,13H2,1-2H3. The Balaban J connectivity index is 1.69. The van der Waals surface area contributed by atoms with Crippen LogP contribution in [0.2, 0.25) is 0 Å². The molecule has 6 heteroatoms. The van der Waals surface area contributed by atoms with Crippen molar-refractivity contribution in [3.05, 3.63) is 88.2 Å². The van der Waals surface area contributed by atoms with Crippen molar-refractivity contribution in [1.29, 1.82) is 0 Å². The molecule has 0 saturated heterocycles. The van der Waals surface area contributed by atoms with Crippen molar-refractivity contribution < 1.29 is 18.0 Å². The number of amides is 1. The fourth-order valence-corrected chi connectivity index (χ4v) is 3.63. The predicted octanol–water partition coefficient (Wildman–Crippen LogP) is 5.74. The first-order valence-corrected chi connectivity index (χ1v) is 9.19. The molecule has 1 aliphatic heterocycles. The zero-order chi connectivity index (χ0) is 20.8. The van der Waals surface area contributed by atoms with Crippen LogP contribution in [0.25, 0.3) is 11.6 Å². The molecule has 1 aliphatic rings. The molecule has 3 aromatic rings. The Kier molecular flexibility index (Phi) is 4.57. The number of aryl methyl sites for hydroxylation is 2. The van der Waals surface area contributed by atoms with Crippen LogP contribution in [0.4, 0.5) is 18.9 Å². The molecule has 1 N–H and O–H groups in total. The van der Waals surface area contributed by atoms with Gasteiger partial charge in [0.1, 0.15) is 0 Å². The molecule has 0 spiro atoms. The molecule has 2 aromatic carbocycles. The molecule has 148 valence electrons. The number of rotatable bonds is 3. The lowest BCUT2D eigenvalue weighted by Gasteiger charge is -2.17. The Hall–Kier alpha value is -3.28. The summed E-state index contributed by atoms with van der Waals surface area (Å²) in [4.78, 5) is 18.0. The van der Waals surface area contributed by atoms with Crippen molar-refractivity contribution in [2.45, 2.75) is 26.6 Å². The Morgan fingerprint density at radius 1 is 1.03 bits per heavy atom. The fraction of sp³-hybridized carbons (Fsp3) is 0.174. The smallest absolute Gasteiger partial charge is 0.359 e. The van der Waals surface area contributed by atoms with Crippen molar-refractivity contribution in [2.24, 2.45) is 0 Å². The van der Waals surface area contributed by atoms with Crippen molar-refractivity contribution in [3.63, 3.8) is 0 Å². The molecule has 0 aliphatic carbocycles. The molecule has 4 rings (SSSR count). The van der Waals surface area contributed by atoms with Gasteiger partial charge >= 0.3 is 6.18 Å². The van der Waals surface area contributed by atoms with Crippen LogP contribution in [0, 0.1) is 13.8 Å². The molecule has 3 nitrogen and oxygen atoms in total. The molecule has 0 saturated carbocycles. The highest BCUT2D eigenvalue weighted by atomic mass is 19.4. The summed E-state index contributed by atoms with van der Waals surface area (Å²) in [6.07, 6.45) is -2.53. The number of alkyl halides is 3. The van der Waals surface area contributed by atoms with E-state index in [1.54, 1.807) is 4.90 Å². The summed E-state index contributed by atoms with van der Waals surface area (Å²) in [6, 6.07) is 14.4. The van der Waals surface area contributed by atoms with Crippen molar-refractivity contribution in [3.8, 4) is 0 Å². The third-order valence-corrected chi connectivity index (χ3v) is 5.06. The van der Waals surface area contributed by atoms with Crippen molar-refractivity contribution in [1.82, 2.24) is 4.98 Å². The number of hydrogen-bond donors (Lipinski definition) is 1. The van der Waals surface area contributed by atoms with Gasteiger partial charge in [0.15, 0.2) is 0 Å². The number of fused-ring (bicyclic) bond motifs is 1. The summed E-state index contributed by atoms with van der Waals surface area (Å²) in [5.74, 6) is -0.169. The van der Waals surface area contributed by atoms with Gasteiger partial charge < -0.3 is 9.88 Å². The molecular weight excluding hydrogens is 377 g/mol. The van der Waals surface area contributed by atoms with Crippen LogP contribution >= 0.6 is 0 Å². The van der Waals surface area contributed by atoms with Gasteiger partial charge in [-0.2, -0.15) is 13.2 Å². The largest absolute Gasteiger partial charge is 0.416 e. The number of halogens is 3. The number of aromatic amines is 1. The minimum atomic E-state index is -4.38. The second-order valence-corrected chi connectivity index (χ2v) is 7.21. The van der Waals surface area contributed by atoms with E-state index >= 15 is 0 Å².